The monoisotopic (exact) mass is 460 g/mol. The van der Waals surface area contributed by atoms with Gasteiger partial charge in [0.1, 0.15) is 5.75 Å². The molecule has 3 aromatic rings. The first-order valence-electron chi connectivity index (χ1n) is 8.46. The highest BCUT2D eigenvalue weighted by Crippen LogP contribution is 2.33. The molecule has 0 unspecified atom stereocenters. The lowest BCUT2D eigenvalue weighted by Gasteiger charge is -2.16. The Bertz CT molecular complexity index is 1040. The Morgan fingerprint density at radius 1 is 1.22 bits per heavy atom. The van der Waals surface area contributed by atoms with Crippen molar-refractivity contribution in [3.05, 3.63) is 74.6 Å². The largest absolute Gasteiger partial charge is 0.495 e. The lowest BCUT2D eigenvalue weighted by atomic mass is 10.2. The van der Waals surface area contributed by atoms with E-state index in [2.05, 4.69) is 28.1 Å². The number of hydrogen-bond acceptors (Lipinski definition) is 5. The first-order valence-corrected chi connectivity index (χ1v) is 11.2. The summed E-state index contributed by atoms with van der Waals surface area (Å²) in [5.41, 5.74) is 2.81. The van der Waals surface area contributed by atoms with Crippen LogP contribution in [0.2, 0.25) is 0 Å². The standard InChI is InChI=1S/C20H17BrN2O2S2/c1-25-17-5-3-2-4-16(17)23-19(24)18-15(10-11-26-18)22-20(23)27-12-13-6-8-14(21)9-7-13/h2-9H,10-12H2,1H3. The molecule has 0 fully saturated rings. The van der Waals surface area contributed by atoms with Crippen molar-refractivity contribution in [1.29, 1.82) is 0 Å². The van der Waals surface area contributed by atoms with Crippen molar-refractivity contribution in [2.75, 3.05) is 12.9 Å². The molecule has 4 rings (SSSR count). The number of halogens is 1. The zero-order chi connectivity index (χ0) is 18.8. The van der Waals surface area contributed by atoms with E-state index in [1.165, 1.54) is 5.56 Å². The van der Waals surface area contributed by atoms with Crippen molar-refractivity contribution in [1.82, 2.24) is 9.55 Å². The maximum absolute atomic E-state index is 13.2. The molecule has 0 saturated carbocycles. The van der Waals surface area contributed by atoms with Gasteiger partial charge in [-0.25, -0.2) is 4.98 Å². The second kappa shape index (κ2) is 8.12. The lowest BCUT2D eigenvalue weighted by molar-refractivity contribution is 0.411. The summed E-state index contributed by atoms with van der Waals surface area (Å²) in [6, 6.07) is 15.8. The predicted octanol–water partition coefficient (Wildman–Crippen LogP) is 4.94. The molecular weight excluding hydrogens is 444 g/mol. The molecule has 4 nitrogen and oxygen atoms in total. The van der Waals surface area contributed by atoms with Crippen molar-refractivity contribution in [2.24, 2.45) is 0 Å². The molecule has 1 aromatic heterocycles. The van der Waals surface area contributed by atoms with Crippen LogP contribution in [0.3, 0.4) is 0 Å². The number of para-hydroxylation sites is 2. The van der Waals surface area contributed by atoms with Crippen LogP contribution in [0.4, 0.5) is 0 Å². The number of ether oxygens (including phenoxy) is 1. The summed E-state index contributed by atoms with van der Waals surface area (Å²) in [6.07, 6.45) is 0.841. The number of aryl methyl sites for hydroxylation is 1. The highest BCUT2D eigenvalue weighted by atomic mass is 79.9. The normalized spacial score (nSPS) is 12.8. The molecule has 27 heavy (non-hydrogen) atoms. The van der Waals surface area contributed by atoms with Crippen LogP contribution in [0.1, 0.15) is 11.3 Å². The molecule has 0 spiro atoms. The van der Waals surface area contributed by atoms with Gasteiger partial charge in [0, 0.05) is 22.4 Å². The molecule has 0 radical (unpaired) electrons. The molecule has 1 aliphatic rings. The van der Waals surface area contributed by atoms with Crippen LogP contribution >= 0.6 is 39.5 Å². The number of aromatic nitrogens is 2. The molecule has 7 heteroatoms. The van der Waals surface area contributed by atoms with Crippen LogP contribution in [0.25, 0.3) is 5.69 Å². The van der Waals surface area contributed by atoms with E-state index in [0.29, 0.717) is 10.9 Å². The van der Waals surface area contributed by atoms with Gasteiger partial charge in [-0.3, -0.25) is 9.36 Å². The van der Waals surface area contributed by atoms with Gasteiger partial charge >= 0.3 is 0 Å². The number of hydrogen-bond donors (Lipinski definition) is 0. The maximum Gasteiger partial charge on any atom is 0.272 e. The third kappa shape index (κ3) is 3.81. The van der Waals surface area contributed by atoms with Crippen LogP contribution in [0.5, 0.6) is 5.75 Å². The molecule has 0 atom stereocenters. The van der Waals surface area contributed by atoms with Crippen molar-refractivity contribution in [2.45, 2.75) is 22.2 Å². The van der Waals surface area contributed by atoms with Gasteiger partial charge in [-0.2, -0.15) is 0 Å². The summed E-state index contributed by atoms with van der Waals surface area (Å²) in [6.45, 7) is 0. The minimum Gasteiger partial charge on any atom is -0.495 e. The van der Waals surface area contributed by atoms with E-state index in [4.69, 9.17) is 9.72 Å². The Labute approximate surface area is 174 Å². The SMILES string of the molecule is COc1ccccc1-n1c(SCc2ccc(Br)cc2)nc2c(c1=O)SCC2. The Balaban J connectivity index is 1.79. The number of rotatable bonds is 5. The zero-order valence-electron chi connectivity index (χ0n) is 14.6. The Hall–Kier alpha value is -1.70. The first kappa shape index (κ1) is 18.7. The number of thioether (sulfide) groups is 2. The minimum absolute atomic E-state index is 0.00898. The fourth-order valence-electron chi connectivity index (χ4n) is 2.94. The second-order valence-electron chi connectivity index (χ2n) is 6.00. The van der Waals surface area contributed by atoms with Gasteiger partial charge in [0.2, 0.25) is 0 Å². The third-order valence-corrected chi connectivity index (χ3v) is 6.92. The van der Waals surface area contributed by atoms with E-state index >= 15 is 0 Å². The molecule has 2 heterocycles. The van der Waals surface area contributed by atoms with Gasteiger partial charge in [0.05, 0.1) is 23.4 Å². The fraction of sp³-hybridized carbons (Fsp3) is 0.200. The number of nitrogens with zero attached hydrogens (tertiary/aromatic N) is 2. The molecule has 0 bridgehead atoms. The Morgan fingerprint density at radius 2 is 2.00 bits per heavy atom. The maximum atomic E-state index is 13.2. The van der Waals surface area contributed by atoms with E-state index in [9.17, 15) is 4.79 Å². The van der Waals surface area contributed by atoms with E-state index < -0.39 is 0 Å². The smallest absolute Gasteiger partial charge is 0.272 e. The number of fused-ring (bicyclic) bond motifs is 1. The number of benzene rings is 2. The summed E-state index contributed by atoms with van der Waals surface area (Å²) in [5, 5.41) is 0.702. The molecular formula is C20H17BrN2O2S2. The van der Waals surface area contributed by atoms with Crippen LogP contribution in [0, 0.1) is 0 Å². The van der Waals surface area contributed by atoms with Gasteiger partial charge < -0.3 is 4.74 Å². The molecule has 2 aromatic carbocycles. The van der Waals surface area contributed by atoms with Crippen molar-refractivity contribution >= 4 is 39.5 Å². The minimum atomic E-state index is -0.00898. The highest BCUT2D eigenvalue weighted by Gasteiger charge is 2.23. The quantitative estimate of drug-likeness (QED) is 0.398. The Morgan fingerprint density at radius 3 is 2.78 bits per heavy atom. The Kier molecular flexibility index (Phi) is 5.61. The number of methoxy groups -OCH3 is 1. The molecule has 0 saturated heterocycles. The van der Waals surface area contributed by atoms with E-state index in [1.807, 2.05) is 36.4 Å². The summed E-state index contributed by atoms with van der Waals surface area (Å²) < 4.78 is 8.24. The van der Waals surface area contributed by atoms with Crippen LogP contribution < -0.4 is 10.3 Å². The fourth-order valence-corrected chi connectivity index (χ4v) is 5.21. The molecule has 1 aliphatic heterocycles. The van der Waals surface area contributed by atoms with Gasteiger partial charge in [-0.05, 0) is 29.8 Å². The van der Waals surface area contributed by atoms with Gasteiger partial charge in [0.15, 0.2) is 5.16 Å². The van der Waals surface area contributed by atoms with Gasteiger partial charge in [-0.15, -0.1) is 11.8 Å². The summed E-state index contributed by atoms with van der Waals surface area (Å²) >= 11 is 6.62. The van der Waals surface area contributed by atoms with Gasteiger partial charge in [0.25, 0.3) is 5.56 Å². The van der Waals surface area contributed by atoms with Crippen LogP contribution in [0.15, 0.2) is 67.9 Å². The molecule has 0 amide bonds. The third-order valence-electron chi connectivity index (χ3n) is 4.27. The van der Waals surface area contributed by atoms with E-state index in [-0.39, 0.29) is 5.56 Å². The summed E-state index contributed by atoms with van der Waals surface area (Å²) in [4.78, 5) is 18.8. The van der Waals surface area contributed by atoms with Crippen molar-refractivity contribution in [3.63, 3.8) is 0 Å². The predicted molar refractivity (Wildman–Crippen MR) is 115 cm³/mol. The molecule has 138 valence electrons. The van der Waals surface area contributed by atoms with Crippen molar-refractivity contribution < 1.29 is 4.74 Å². The molecule has 0 N–H and O–H groups in total. The van der Waals surface area contributed by atoms with Crippen molar-refractivity contribution in [3.8, 4) is 11.4 Å². The van der Waals surface area contributed by atoms with E-state index in [0.717, 1.165) is 38.7 Å². The second-order valence-corrected chi connectivity index (χ2v) is 8.96. The lowest BCUT2D eigenvalue weighted by Crippen LogP contribution is -2.24. The highest BCUT2D eigenvalue weighted by molar-refractivity contribution is 9.10. The topological polar surface area (TPSA) is 44.1 Å². The van der Waals surface area contributed by atoms with E-state index in [1.54, 1.807) is 35.2 Å². The van der Waals surface area contributed by atoms with Gasteiger partial charge in [-0.1, -0.05) is 52.0 Å². The average molecular weight is 461 g/mol. The summed E-state index contributed by atoms with van der Waals surface area (Å²) in [7, 11) is 1.62. The molecule has 0 aliphatic carbocycles. The average Bonchev–Trinajstić information content (AvgIpc) is 3.17. The summed E-state index contributed by atoms with van der Waals surface area (Å²) in [5.74, 6) is 2.31. The van der Waals surface area contributed by atoms with Crippen LogP contribution in [-0.4, -0.2) is 22.4 Å². The first-order chi connectivity index (χ1) is 13.2. The van der Waals surface area contributed by atoms with Crippen LogP contribution in [-0.2, 0) is 12.2 Å². The zero-order valence-corrected chi connectivity index (χ0v) is 17.9.